The lowest BCUT2D eigenvalue weighted by Crippen LogP contribution is -2.22. The highest BCUT2D eigenvalue weighted by Gasteiger charge is 2.34. The molecular weight excluding hydrogens is 555 g/mol. The maximum atomic E-state index is 13.4. The van der Waals surface area contributed by atoms with Crippen molar-refractivity contribution in [3.8, 4) is 22.0 Å². The van der Waals surface area contributed by atoms with E-state index in [1.165, 1.54) is 31.7 Å². The number of para-hydroxylation sites is 2. The molecule has 3 heterocycles. The van der Waals surface area contributed by atoms with Gasteiger partial charge in [-0.25, -0.2) is 13.4 Å². The van der Waals surface area contributed by atoms with Gasteiger partial charge in [0.25, 0.3) is 0 Å². The van der Waals surface area contributed by atoms with Gasteiger partial charge in [-0.15, -0.1) is 11.3 Å². The zero-order valence-electron chi connectivity index (χ0n) is 20.9. The highest BCUT2D eigenvalue weighted by atomic mass is 32.2. The van der Waals surface area contributed by atoms with E-state index in [1.54, 1.807) is 35.6 Å². The van der Waals surface area contributed by atoms with E-state index in [1.807, 2.05) is 53.4 Å². The number of fused-ring (bicyclic) bond motifs is 5. The van der Waals surface area contributed by atoms with Gasteiger partial charge in [0.15, 0.2) is 5.82 Å². The lowest BCUT2D eigenvalue weighted by atomic mass is 10.1. The van der Waals surface area contributed by atoms with Crippen LogP contribution in [0.15, 0.2) is 125 Å². The predicted octanol–water partition coefficient (Wildman–Crippen LogP) is 8.86. The van der Waals surface area contributed by atoms with Crippen LogP contribution in [-0.2, 0) is 9.84 Å². The maximum Gasteiger partial charge on any atom is 0.210 e. The zero-order chi connectivity index (χ0) is 26.8. The van der Waals surface area contributed by atoms with Crippen LogP contribution in [0.2, 0.25) is 0 Å². The number of benzene rings is 5. The third-order valence-corrected chi connectivity index (χ3v) is 11.0. The molecule has 0 saturated heterocycles. The second-order valence-electron chi connectivity index (χ2n) is 9.56. The van der Waals surface area contributed by atoms with Crippen molar-refractivity contribution >= 4 is 69.9 Å². The van der Waals surface area contributed by atoms with Crippen LogP contribution >= 0.6 is 22.9 Å². The number of anilines is 3. The fourth-order valence-electron chi connectivity index (χ4n) is 5.37. The second kappa shape index (κ2) is 8.82. The monoisotopic (exact) mass is 573 g/mol. The Labute approximate surface area is 238 Å². The fraction of sp³-hybridized carbons (Fsp3) is 0. The van der Waals surface area contributed by atoms with Gasteiger partial charge in [-0.3, -0.25) is 0 Å². The Morgan fingerprint density at radius 2 is 1.32 bits per heavy atom. The van der Waals surface area contributed by atoms with Crippen LogP contribution in [0.25, 0.3) is 42.1 Å². The van der Waals surface area contributed by atoms with Gasteiger partial charge in [0.2, 0.25) is 9.84 Å². The number of hydrogen-bond acceptors (Lipinski definition) is 7. The first-order valence-corrected chi connectivity index (χ1v) is 15.7. The summed E-state index contributed by atoms with van der Waals surface area (Å²) in [5.74, 6) is 0.642. The van der Waals surface area contributed by atoms with Crippen molar-refractivity contribution in [1.29, 1.82) is 0 Å². The predicted molar refractivity (Wildman–Crippen MR) is 164 cm³/mol. The van der Waals surface area contributed by atoms with Gasteiger partial charge in [-0.2, -0.15) is 4.37 Å². The second-order valence-corrected chi connectivity index (χ2v) is 13.3. The van der Waals surface area contributed by atoms with Crippen molar-refractivity contribution in [2.45, 2.75) is 9.79 Å². The first-order valence-electron chi connectivity index (χ1n) is 12.7. The van der Waals surface area contributed by atoms with Crippen LogP contribution in [0.5, 0.6) is 0 Å². The van der Waals surface area contributed by atoms with E-state index >= 15 is 0 Å². The van der Waals surface area contributed by atoms with Crippen LogP contribution in [0.4, 0.5) is 17.1 Å². The third-order valence-electron chi connectivity index (χ3n) is 7.20. The van der Waals surface area contributed by atoms with E-state index in [0.717, 1.165) is 21.8 Å². The molecular formula is C32H19N3O2S3. The topological polar surface area (TPSA) is 63.2 Å². The summed E-state index contributed by atoms with van der Waals surface area (Å²) in [5.41, 5.74) is 4.00. The molecule has 8 rings (SSSR count). The molecule has 0 N–H and O–H groups in total. The van der Waals surface area contributed by atoms with Crippen LogP contribution in [0.3, 0.4) is 0 Å². The zero-order valence-corrected chi connectivity index (χ0v) is 23.3. The summed E-state index contributed by atoms with van der Waals surface area (Å²) in [6.07, 6.45) is 0. The van der Waals surface area contributed by atoms with E-state index in [2.05, 4.69) is 42.5 Å². The van der Waals surface area contributed by atoms with E-state index in [-0.39, 0.29) is 0 Å². The third kappa shape index (κ3) is 3.54. The van der Waals surface area contributed by atoms with Crippen molar-refractivity contribution in [1.82, 2.24) is 9.36 Å². The van der Waals surface area contributed by atoms with E-state index in [0.29, 0.717) is 27.0 Å². The van der Waals surface area contributed by atoms with Crippen molar-refractivity contribution in [2.75, 3.05) is 4.90 Å². The average molecular weight is 574 g/mol. The largest absolute Gasteiger partial charge is 0.308 e. The standard InChI is InChI=1S/C32H19N3O2S3/c36-40(37)29-14-5-2-11-25(29)35(26-12-3-6-15-30(26)40)22-9-7-8-20(18-22)31-33-32(39-34-31)21-16-17-28-24(19-21)23-10-1-4-13-27(23)38-28/h1-19H. The number of aromatic nitrogens is 2. The van der Waals surface area contributed by atoms with Crippen molar-refractivity contribution in [3.05, 3.63) is 115 Å². The molecule has 1 aliphatic heterocycles. The summed E-state index contributed by atoms with van der Waals surface area (Å²) in [5, 5.41) is 3.34. The number of sulfone groups is 1. The Bertz CT molecular complexity index is 2160. The number of nitrogens with zero attached hydrogens (tertiary/aromatic N) is 3. The number of rotatable bonds is 3. The lowest BCUT2D eigenvalue weighted by molar-refractivity contribution is 0.595. The molecule has 192 valence electrons. The van der Waals surface area contributed by atoms with Gasteiger partial charge < -0.3 is 4.90 Å². The SMILES string of the molecule is O=S1(=O)c2ccccc2N(c2cccc(-c3nsc(-c4ccc5sc6ccccc6c5c4)n3)c2)c2ccccc21. The van der Waals surface area contributed by atoms with E-state index < -0.39 is 9.84 Å². The van der Waals surface area contributed by atoms with Crippen molar-refractivity contribution < 1.29 is 8.42 Å². The van der Waals surface area contributed by atoms with Crippen molar-refractivity contribution in [2.24, 2.45) is 0 Å². The number of hydrogen-bond donors (Lipinski definition) is 0. The van der Waals surface area contributed by atoms with Gasteiger partial charge in [0.05, 0.1) is 21.2 Å². The number of thiophene rings is 1. The average Bonchev–Trinajstić information content (AvgIpc) is 3.63. The summed E-state index contributed by atoms with van der Waals surface area (Å²) in [4.78, 5) is 7.51. The Balaban J connectivity index is 1.22. The Morgan fingerprint density at radius 3 is 2.12 bits per heavy atom. The minimum Gasteiger partial charge on any atom is -0.308 e. The highest BCUT2D eigenvalue weighted by Crippen LogP contribution is 2.48. The molecule has 0 amide bonds. The van der Waals surface area contributed by atoms with Gasteiger partial charge >= 0.3 is 0 Å². The van der Waals surface area contributed by atoms with Crippen molar-refractivity contribution in [3.63, 3.8) is 0 Å². The first kappa shape index (κ1) is 23.5. The van der Waals surface area contributed by atoms with Crippen LogP contribution < -0.4 is 4.90 Å². The summed E-state index contributed by atoms with van der Waals surface area (Å²) >= 11 is 3.18. The maximum absolute atomic E-state index is 13.4. The fourth-order valence-corrected chi connectivity index (χ4v) is 8.75. The summed E-state index contributed by atoms with van der Waals surface area (Å²) in [7, 11) is -3.62. The molecule has 0 radical (unpaired) electrons. The first-order chi connectivity index (χ1) is 19.6. The Kier molecular flexibility index (Phi) is 5.19. The molecule has 40 heavy (non-hydrogen) atoms. The molecule has 2 aromatic heterocycles. The smallest absolute Gasteiger partial charge is 0.210 e. The molecule has 0 aliphatic carbocycles. The molecule has 0 fully saturated rings. The molecule has 1 aliphatic rings. The van der Waals surface area contributed by atoms with Gasteiger partial charge in [-0.05, 0) is 66.1 Å². The summed E-state index contributed by atoms with van der Waals surface area (Å²) < 4.78 is 34.0. The van der Waals surface area contributed by atoms with Crippen LogP contribution in [0.1, 0.15) is 0 Å². The molecule has 5 nitrogen and oxygen atoms in total. The molecule has 7 aromatic rings. The van der Waals surface area contributed by atoms with Gasteiger partial charge in [-0.1, -0.05) is 60.7 Å². The summed E-state index contributed by atoms with van der Waals surface area (Å²) in [6.45, 7) is 0. The quantitative estimate of drug-likeness (QED) is 0.211. The van der Waals surface area contributed by atoms with E-state index in [9.17, 15) is 8.42 Å². The van der Waals surface area contributed by atoms with Crippen LogP contribution in [0, 0.1) is 0 Å². The van der Waals surface area contributed by atoms with Gasteiger partial charge in [0.1, 0.15) is 5.01 Å². The minimum absolute atomic E-state index is 0.296. The Morgan fingerprint density at radius 1 is 0.625 bits per heavy atom. The molecule has 0 spiro atoms. The minimum atomic E-state index is -3.62. The molecule has 0 saturated carbocycles. The molecule has 0 atom stereocenters. The van der Waals surface area contributed by atoms with Gasteiger partial charge in [0, 0.05) is 37.0 Å². The Hall–Kier alpha value is -4.37. The lowest BCUT2D eigenvalue weighted by Gasteiger charge is -2.33. The molecule has 8 heteroatoms. The normalized spacial score (nSPS) is 13.8. The molecule has 0 unspecified atom stereocenters. The van der Waals surface area contributed by atoms with E-state index in [4.69, 9.17) is 9.36 Å². The molecule has 0 bridgehead atoms. The molecule has 5 aromatic carbocycles. The summed E-state index contributed by atoms with van der Waals surface area (Å²) in [6, 6.07) is 37.2. The van der Waals surface area contributed by atoms with Crippen LogP contribution in [-0.4, -0.2) is 17.8 Å². The highest BCUT2D eigenvalue weighted by molar-refractivity contribution is 7.92.